The number of hydrogen-bond donors (Lipinski definition) is 2. The molecular formula is C25H21N3O2S. The van der Waals surface area contributed by atoms with Crippen molar-refractivity contribution in [3.8, 4) is 10.8 Å². The monoisotopic (exact) mass is 427 g/mol. The standard InChI is InChI=1S/C25H21N3O2S/c29-24(13-18-16-31-25(28-18)23-11-6-12-30-23)27-14-20(17-7-2-1-3-8-17)21-15-26-22-10-5-4-9-19(21)22/h1-12,15-16,20,26H,13-14H2,(H,27,29)/t20-/m0/s1. The molecule has 0 radical (unpaired) electrons. The van der Waals surface area contributed by atoms with Gasteiger partial charge in [-0.05, 0) is 29.3 Å². The van der Waals surface area contributed by atoms with Crippen molar-refractivity contribution < 1.29 is 9.21 Å². The number of rotatable bonds is 7. The number of carbonyl (C=O) groups excluding carboxylic acids is 1. The topological polar surface area (TPSA) is 70.9 Å². The summed E-state index contributed by atoms with van der Waals surface area (Å²) < 4.78 is 5.39. The quantitative estimate of drug-likeness (QED) is 0.367. The van der Waals surface area contributed by atoms with Crippen LogP contribution in [0.5, 0.6) is 0 Å². The second-order valence-electron chi connectivity index (χ2n) is 7.36. The molecule has 0 saturated carbocycles. The Morgan fingerprint density at radius 3 is 2.74 bits per heavy atom. The van der Waals surface area contributed by atoms with Crippen LogP contribution in [0.3, 0.4) is 0 Å². The molecule has 5 rings (SSSR count). The highest BCUT2D eigenvalue weighted by molar-refractivity contribution is 7.13. The van der Waals surface area contributed by atoms with Gasteiger partial charge in [0.05, 0.1) is 18.4 Å². The van der Waals surface area contributed by atoms with Crippen LogP contribution in [0.2, 0.25) is 0 Å². The summed E-state index contributed by atoms with van der Waals surface area (Å²) >= 11 is 1.48. The molecular weight excluding hydrogens is 406 g/mol. The molecule has 5 nitrogen and oxygen atoms in total. The van der Waals surface area contributed by atoms with E-state index in [1.165, 1.54) is 27.8 Å². The second kappa shape index (κ2) is 8.62. The zero-order chi connectivity index (χ0) is 21.0. The van der Waals surface area contributed by atoms with Crippen LogP contribution in [-0.2, 0) is 11.2 Å². The predicted molar refractivity (Wildman–Crippen MR) is 123 cm³/mol. The number of amides is 1. The van der Waals surface area contributed by atoms with Crippen molar-refractivity contribution in [2.75, 3.05) is 6.54 Å². The van der Waals surface area contributed by atoms with Gasteiger partial charge in [-0.3, -0.25) is 4.79 Å². The van der Waals surface area contributed by atoms with E-state index >= 15 is 0 Å². The number of para-hydroxylation sites is 1. The van der Waals surface area contributed by atoms with Crippen molar-refractivity contribution in [1.29, 1.82) is 0 Å². The fourth-order valence-electron chi connectivity index (χ4n) is 3.82. The van der Waals surface area contributed by atoms with Gasteiger partial charge in [-0.1, -0.05) is 48.5 Å². The van der Waals surface area contributed by atoms with Crippen LogP contribution in [0, 0.1) is 0 Å². The van der Waals surface area contributed by atoms with Crippen molar-refractivity contribution in [2.45, 2.75) is 12.3 Å². The van der Waals surface area contributed by atoms with E-state index < -0.39 is 0 Å². The molecule has 0 unspecified atom stereocenters. The highest BCUT2D eigenvalue weighted by Gasteiger charge is 2.19. The fraction of sp³-hybridized carbons (Fsp3) is 0.120. The number of benzene rings is 2. The number of fused-ring (bicyclic) bond motifs is 1. The van der Waals surface area contributed by atoms with Crippen LogP contribution in [0.4, 0.5) is 0 Å². The molecule has 2 N–H and O–H groups in total. The number of carbonyl (C=O) groups is 1. The number of hydrogen-bond acceptors (Lipinski definition) is 4. The van der Waals surface area contributed by atoms with Gasteiger partial charge in [0.15, 0.2) is 10.8 Å². The largest absolute Gasteiger partial charge is 0.462 e. The third-order valence-electron chi connectivity index (χ3n) is 5.33. The van der Waals surface area contributed by atoms with E-state index in [-0.39, 0.29) is 18.2 Å². The number of aromatic nitrogens is 2. The fourth-order valence-corrected chi connectivity index (χ4v) is 4.61. The van der Waals surface area contributed by atoms with Crippen LogP contribution in [0.1, 0.15) is 22.7 Å². The molecule has 0 aliphatic carbocycles. The third kappa shape index (κ3) is 4.15. The van der Waals surface area contributed by atoms with Gasteiger partial charge >= 0.3 is 0 Å². The van der Waals surface area contributed by atoms with Gasteiger partial charge in [0, 0.05) is 34.9 Å². The number of nitrogens with zero attached hydrogens (tertiary/aromatic N) is 1. The van der Waals surface area contributed by atoms with Gasteiger partial charge in [0.1, 0.15) is 0 Å². The van der Waals surface area contributed by atoms with Gasteiger partial charge < -0.3 is 14.7 Å². The molecule has 0 fully saturated rings. The summed E-state index contributed by atoms with van der Waals surface area (Å²) in [4.78, 5) is 20.6. The molecule has 6 heteroatoms. The van der Waals surface area contributed by atoms with Crippen LogP contribution < -0.4 is 5.32 Å². The number of aromatic amines is 1. The Morgan fingerprint density at radius 2 is 1.90 bits per heavy atom. The Hall–Kier alpha value is -3.64. The molecule has 0 aliphatic rings. The van der Waals surface area contributed by atoms with Crippen molar-refractivity contribution in [1.82, 2.24) is 15.3 Å². The molecule has 0 bridgehead atoms. The lowest BCUT2D eigenvalue weighted by Crippen LogP contribution is -2.30. The summed E-state index contributed by atoms with van der Waals surface area (Å²) in [6, 6.07) is 22.2. The second-order valence-corrected chi connectivity index (χ2v) is 8.21. The number of nitrogens with one attached hydrogen (secondary N) is 2. The molecule has 0 aliphatic heterocycles. The third-order valence-corrected chi connectivity index (χ3v) is 6.23. The van der Waals surface area contributed by atoms with E-state index in [1.54, 1.807) is 6.26 Å². The van der Waals surface area contributed by atoms with E-state index in [2.05, 4.69) is 39.6 Å². The van der Waals surface area contributed by atoms with Gasteiger partial charge in [0.25, 0.3) is 0 Å². The Balaban J connectivity index is 1.32. The number of thiazole rings is 1. The van der Waals surface area contributed by atoms with E-state index in [0.717, 1.165) is 22.0 Å². The van der Waals surface area contributed by atoms with Gasteiger partial charge in [0.2, 0.25) is 5.91 Å². The van der Waals surface area contributed by atoms with Gasteiger partial charge in [-0.15, -0.1) is 11.3 Å². The minimum atomic E-state index is -0.0444. The molecule has 3 heterocycles. The van der Waals surface area contributed by atoms with E-state index in [9.17, 15) is 4.79 Å². The zero-order valence-corrected chi connectivity index (χ0v) is 17.6. The van der Waals surface area contributed by atoms with E-state index in [4.69, 9.17) is 4.42 Å². The lowest BCUT2D eigenvalue weighted by atomic mass is 9.91. The summed E-state index contributed by atoms with van der Waals surface area (Å²) in [6.45, 7) is 0.514. The minimum Gasteiger partial charge on any atom is -0.462 e. The average Bonchev–Trinajstić information content (AvgIpc) is 3.56. The van der Waals surface area contributed by atoms with E-state index in [0.29, 0.717) is 6.54 Å². The molecule has 1 atom stereocenters. The van der Waals surface area contributed by atoms with Gasteiger partial charge in [-0.2, -0.15) is 0 Å². The Morgan fingerprint density at radius 1 is 1.06 bits per heavy atom. The van der Waals surface area contributed by atoms with Crippen molar-refractivity contribution in [2.24, 2.45) is 0 Å². The van der Waals surface area contributed by atoms with Crippen LogP contribution in [0.25, 0.3) is 21.7 Å². The maximum Gasteiger partial charge on any atom is 0.226 e. The first-order valence-corrected chi connectivity index (χ1v) is 11.0. The molecule has 2 aromatic carbocycles. The Labute approximate surface area is 183 Å². The first-order chi connectivity index (χ1) is 15.3. The molecule has 0 saturated heterocycles. The minimum absolute atomic E-state index is 0.0444. The van der Waals surface area contributed by atoms with Crippen LogP contribution >= 0.6 is 11.3 Å². The highest BCUT2D eigenvalue weighted by atomic mass is 32.1. The van der Waals surface area contributed by atoms with Crippen LogP contribution in [-0.4, -0.2) is 22.4 Å². The van der Waals surface area contributed by atoms with E-state index in [1.807, 2.05) is 54.0 Å². The average molecular weight is 428 g/mol. The maximum atomic E-state index is 12.7. The van der Waals surface area contributed by atoms with Crippen molar-refractivity contribution >= 4 is 28.1 Å². The summed E-state index contributed by atoms with van der Waals surface area (Å²) in [7, 11) is 0. The number of H-pyrrole nitrogens is 1. The van der Waals surface area contributed by atoms with Crippen molar-refractivity contribution in [3.63, 3.8) is 0 Å². The summed E-state index contributed by atoms with van der Waals surface area (Å²) in [5.74, 6) is 0.729. The van der Waals surface area contributed by atoms with Gasteiger partial charge in [-0.25, -0.2) is 4.98 Å². The predicted octanol–water partition coefficient (Wildman–Crippen LogP) is 5.38. The Kier molecular flexibility index (Phi) is 5.37. The normalized spacial score (nSPS) is 12.1. The Bertz CT molecular complexity index is 1290. The molecule has 31 heavy (non-hydrogen) atoms. The highest BCUT2D eigenvalue weighted by Crippen LogP contribution is 2.30. The SMILES string of the molecule is O=C(Cc1csc(-c2ccco2)n1)NC[C@@H](c1ccccc1)c1c[nH]c2ccccc12. The molecule has 154 valence electrons. The smallest absolute Gasteiger partial charge is 0.226 e. The van der Waals surface area contributed by atoms with Crippen molar-refractivity contribution in [3.05, 3.63) is 101 Å². The molecule has 5 aromatic rings. The molecule has 3 aromatic heterocycles. The zero-order valence-electron chi connectivity index (χ0n) is 16.7. The number of furan rings is 1. The summed E-state index contributed by atoms with van der Waals surface area (Å²) in [6.07, 6.45) is 3.91. The lowest BCUT2D eigenvalue weighted by Gasteiger charge is -2.18. The summed E-state index contributed by atoms with van der Waals surface area (Å²) in [5.41, 5.74) is 4.19. The van der Waals surface area contributed by atoms with Crippen LogP contribution in [0.15, 0.2) is 89.0 Å². The molecule has 0 spiro atoms. The first kappa shape index (κ1) is 19.3. The lowest BCUT2D eigenvalue weighted by molar-refractivity contribution is -0.120. The first-order valence-electron chi connectivity index (χ1n) is 10.1. The molecule has 1 amide bonds. The summed E-state index contributed by atoms with van der Waals surface area (Å²) in [5, 5.41) is 6.98. The maximum absolute atomic E-state index is 12.7.